The molecular formula is C22H29N3O. The van der Waals surface area contributed by atoms with Gasteiger partial charge in [-0.25, -0.2) is 0 Å². The summed E-state index contributed by atoms with van der Waals surface area (Å²) in [5.74, 6) is 0.0679. The molecule has 1 heterocycles. The van der Waals surface area contributed by atoms with E-state index in [1.54, 1.807) is 0 Å². The van der Waals surface area contributed by atoms with E-state index < -0.39 is 0 Å². The SMILES string of the molecule is Cc1ccc(N2CCN(CC(=O)Nc3c(C)cccc3C)C[C@@H]2C)cc1. The molecule has 2 aromatic carbocycles. The summed E-state index contributed by atoms with van der Waals surface area (Å²) in [4.78, 5) is 17.2. The Morgan fingerprint density at radius 1 is 1.04 bits per heavy atom. The first-order chi connectivity index (χ1) is 12.4. The van der Waals surface area contributed by atoms with Crippen molar-refractivity contribution in [2.45, 2.75) is 33.7 Å². The number of anilines is 2. The molecule has 0 radical (unpaired) electrons. The molecule has 1 fully saturated rings. The van der Waals surface area contributed by atoms with Crippen molar-refractivity contribution in [1.82, 2.24) is 4.90 Å². The number of rotatable bonds is 4. The standard InChI is InChI=1S/C22H29N3O/c1-16-8-10-20(11-9-16)25-13-12-24(14-19(25)4)15-21(26)23-22-17(2)6-5-7-18(22)3/h5-11,19H,12-15H2,1-4H3,(H,23,26)/t19-/m0/s1. The first-order valence-corrected chi connectivity index (χ1v) is 9.36. The fourth-order valence-electron chi connectivity index (χ4n) is 3.69. The quantitative estimate of drug-likeness (QED) is 0.911. The Labute approximate surface area is 156 Å². The van der Waals surface area contributed by atoms with Crippen LogP contribution in [0.4, 0.5) is 11.4 Å². The third-order valence-electron chi connectivity index (χ3n) is 5.19. The second-order valence-electron chi connectivity index (χ2n) is 7.43. The predicted octanol–water partition coefficient (Wildman–Crippen LogP) is 3.76. The molecule has 138 valence electrons. The second-order valence-corrected chi connectivity index (χ2v) is 7.43. The lowest BCUT2D eigenvalue weighted by Gasteiger charge is -2.41. The van der Waals surface area contributed by atoms with Crippen LogP contribution < -0.4 is 10.2 Å². The lowest BCUT2D eigenvalue weighted by molar-refractivity contribution is -0.117. The minimum absolute atomic E-state index is 0.0679. The van der Waals surface area contributed by atoms with Crippen LogP contribution in [0.1, 0.15) is 23.6 Å². The Kier molecular flexibility index (Phi) is 5.62. The number of piperazine rings is 1. The zero-order valence-corrected chi connectivity index (χ0v) is 16.2. The topological polar surface area (TPSA) is 35.6 Å². The lowest BCUT2D eigenvalue weighted by Crippen LogP contribution is -2.53. The van der Waals surface area contributed by atoms with Crippen LogP contribution in [0, 0.1) is 20.8 Å². The van der Waals surface area contributed by atoms with Crippen LogP contribution in [0.2, 0.25) is 0 Å². The Morgan fingerprint density at radius 2 is 1.69 bits per heavy atom. The number of carbonyl (C=O) groups is 1. The summed E-state index contributed by atoms with van der Waals surface area (Å²) in [5.41, 5.74) is 5.71. The zero-order chi connectivity index (χ0) is 18.7. The minimum atomic E-state index is 0.0679. The number of nitrogens with zero attached hydrogens (tertiary/aromatic N) is 2. The van der Waals surface area contributed by atoms with Crippen molar-refractivity contribution in [3.63, 3.8) is 0 Å². The summed E-state index contributed by atoms with van der Waals surface area (Å²) in [6.45, 7) is 11.6. The molecular weight excluding hydrogens is 322 g/mol. The van der Waals surface area contributed by atoms with Crippen LogP contribution in [0.25, 0.3) is 0 Å². The van der Waals surface area contributed by atoms with Gasteiger partial charge in [0.15, 0.2) is 0 Å². The molecule has 0 bridgehead atoms. The van der Waals surface area contributed by atoms with Gasteiger partial charge in [0, 0.05) is 37.1 Å². The first kappa shape index (κ1) is 18.5. The molecule has 0 aromatic heterocycles. The number of aryl methyl sites for hydroxylation is 3. The molecule has 1 aliphatic heterocycles. The Bertz CT molecular complexity index is 749. The van der Waals surface area contributed by atoms with Gasteiger partial charge in [0.25, 0.3) is 0 Å². The first-order valence-electron chi connectivity index (χ1n) is 9.36. The van der Waals surface area contributed by atoms with Crippen molar-refractivity contribution in [3.8, 4) is 0 Å². The summed E-state index contributed by atoms with van der Waals surface area (Å²) >= 11 is 0. The molecule has 1 N–H and O–H groups in total. The summed E-state index contributed by atoms with van der Waals surface area (Å²) < 4.78 is 0. The normalized spacial score (nSPS) is 18.0. The van der Waals surface area contributed by atoms with Crippen LogP contribution >= 0.6 is 0 Å². The van der Waals surface area contributed by atoms with Crippen LogP contribution in [-0.2, 0) is 4.79 Å². The Balaban J connectivity index is 1.57. The van der Waals surface area contributed by atoms with Crippen molar-refractivity contribution in [2.75, 3.05) is 36.4 Å². The molecule has 1 aliphatic rings. The molecule has 1 amide bonds. The average molecular weight is 351 g/mol. The van der Waals surface area contributed by atoms with Gasteiger partial charge in [-0.15, -0.1) is 0 Å². The maximum Gasteiger partial charge on any atom is 0.238 e. The molecule has 0 aliphatic carbocycles. The third kappa shape index (κ3) is 4.25. The number of benzene rings is 2. The van der Waals surface area contributed by atoms with Crippen molar-refractivity contribution in [1.29, 1.82) is 0 Å². The summed E-state index contributed by atoms with van der Waals surface area (Å²) in [5, 5.41) is 3.10. The van der Waals surface area contributed by atoms with Crippen LogP contribution in [-0.4, -0.2) is 43.0 Å². The zero-order valence-electron chi connectivity index (χ0n) is 16.2. The van der Waals surface area contributed by atoms with Gasteiger partial charge in [0.2, 0.25) is 5.91 Å². The van der Waals surface area contributed by atoms with Crippen molar-refractivity contribution < 1.29 is 4.79 Å². The Hall–Kier alpha value is -2.33. The molecule has 0 saturated carbocycles. The second kappa shape index (κ2) is 7.92. The number of amides is 1. The maximum absolute atomic E-state index is 12.5. The highest BCUT2D eigenvalue weighted by molar-refractivity contribution is 5.93. The molecule has 0 unspecified atom stereocenters. The Morgan fingerprint density at radius 3 is 2.31 bits per heavy atom. The van der Waals surface area contributed by atoms with Gasteiger partial charge in [-0.2, -0.15) is 0 Å². The van der Waals surface area contributed by atoms with E-state index in [0.717, 1.165) is 36.4 Å². The number of hydrogen-bond acceptors (Lipinski definition) is 3. The van der Waals surface area contributed by atoms with Crippen LogP contribution in [0.3, 0.4) is 0 Å². The van der Waals surface area contributed by atoms with Crippen LogP contribution in [0.5, 0.6) is 0 Å². The van der Waals surface area contributed by atoms with Crippen molar-refractivity contribution in [2.24, 2.45) is 0 Å². The molecule has 2 aromatic rings. The van der Waals surface area contributed by atoms with Gasteiger partial charge < -0.3 is 10.2 Å². The minimum Gasteiger partial charge on any atom is -0.366 e. The highest BCUT2D eigenvalue weighted by Crippen LogP contribution is 2.22. The van der Waals surface area contributed by atoms with Gasteiger partial charge >= 0.3 is 0 Å². The predicted molar refractivity (Wildman–Crippen MR) is 109 cm³/mol. The van der Waals surface area contributed by atoms with E-state index in [-0.39, 0.29) is 5.91 Å². The van der Waals surface area contributed by atoms with E-state index in [9.17, 15) is 4.79 Å². The molecule has 0 spiro atoms. The van der Waals surface area contributed by atoms with Crippen LogP contribution in [0.15, 0.2) is 42.5 Å². The third-order valence-corrected chi connectivity index (χ3v) is 5.19. The number of nitrogens with one attached hydrogen (secondary N) is 1. The van der Waals surface area contributed by atoms with E-state index in [0.29, 0.717) is 12.6 Å². The number of para-hydroxylation sites is 1. The number of carbonyl (C=O) groups excluding carboxylic acids is 1. The monoisotopic (exact) mass is 351 g/mol. The largest absolute Gasteiger partial charge is 0.366 e. The summed E-state index contributed by atoms with van der Waals surface area (Å²) in [6.07, 6.45) is 0. The van der Waals surface area contributed by atoms with Gasteiger partial charge in [-0.05, 0) is 51.0 Å². The maximum atomic E-state index is 12.5. The molecule has 4 nitrogen and oxygen atoms in total. The number of hydrogen-bond donors (Lipinski definition) is 1. The molecule has 26 heavy (non-hydrogen) atoms. The van der Waals surface area contributed by atoms with E-state index >= 15 is 0 Å². The summed E-state index contributed by atoms with van der Waals surface area (Å²) in [7, 11) is 0. The highest BCUT2D eigenvalue weighted by Gasteiger charge is 2.25. The van der Waals surface area contributed by atoms with Gasteiger partial charge in [-0.3, -0.25) is 9.69 Å². The average Bonchev–Trinajstić information content (AvgIpc) is 2.59. The molecule has 4 heteroatoms. The van der Waals surface area contributed by atoms with Gasteiger partial charge in [0.1, 0.15) is 0 Å². The van der Waals surface area contributed by atoms with E-state index in [4.69, 9.17) is 0 Å². The van der Waals surface area contributed by atoms with E-state index in [1.807, 2.05) is 32.0 Å². The highest BCUT2D eigenvalue weighted by atomic mass is 16.2. The van der Waals surface area contributed by atoms with E-state index in [2.05, 4.69) is 53.2 Å². The fourth-order valence-corrected chi connectivity index (χ4v) is 3.69. The molecule has 1 atom stereocenters. The van der Waals surface area contributed by atoms with Crippen molar-refractivity contribution in [3.05, 3.63) is 59.2 Å². The smallest absolute Gasteiger partial charge is 0.238 e. The fraction of sp³-hybridized carbons (Fsp3) is 0.409. The van der Waals surface area contributed by atoms with E-state index in [1.165, 1.54) is 11.3 Å². The lowest BCUT2D eigenvalue weighted by atomic mass is 10.1. The van der Waals surface area contributed by atoms with Gasteiger partial charge in [-0.1, -0.05) is 35.9 Å². The van der Waals surface area contributed by atoms with Gasteiger partial charge in [0.05, 0.1) is 6.54 Å². The molecule has 3 rings (SSSR count). The summed E-state index contributed by atoms with van der Waals surface area (Å²) in [6, 6.07) is 15.2. The van der Waals surface area contributed by atoms with Crippen molar-refractivity contribution >= 4 is 17.3 Å². The molecule has 1 saturated heterocycles.